The fourth-order valence-corrected chi connectivity index (χ4v) is 2.31. The van der Waals surface area contributed by atoms with Crippen LogP contribution in [0.15, 0.2) is 0 Å². The molecule has 5 heteroatoms. The molecule has 3 N–H and O–H groups in total. The van der Waals surface area contributed by atoms with E-state index in [2.05, 4.69) is 22.0 Å². The normalized spacial score (nSPS) is 21.7. The van der Waals surface area contributed by atoms with Crippen molar-refractivity contribution in [1.29, 1.82) is 0 Å². The van der Waals surface area contributed by atoms with Gasteiger partial charge in [-0.05, 0) is 33.4 Å². The van der Waals surface area contributed by atoms with Gasteiger partial charge in [-0.1, -0.05) is 6.92 Å². The number of amides is 1. The Bertz CT molecular complexity index is 264. The van der Waals surface area contributed by atoms with Gasteiger partial charge in [-0.3, -0.25) is 4.79 Å². The van der Waals surface area contributed by atoms with E-state index in [1.54, 1.807) is 7.05 Å². The van der Waals surface area contributed by atoms with Gasteiger partial charge in [0.15, 0.2) is 0 Å². The summed E-state index contributed by atoms with van der Waals surface area (Å²) in [6, 6.07) is 0. The van der Waals surface area contributed by atoms with Crippen molar-refractivity contribution in [3.8, 4) is 0 Å². The number of likely N-dealkylation sites (N-methyl/N-ethyl adjacent to an activating group) is 1. The Morgan fingerprint density at radius 3 is 2.11 bits per heavy atom. The van der Waals surface area contributed by atoms with Crippen LogP contribution in [0.5, 0.6) is 0 Å². The van der Waals surface area contributed by atoms with Crippen LogP contribution in [-0.2, 0) is 4.79 Å². The molecule has 1 saturated heterocycles. The Labute approximate surface area is 111 Å². The number of nitrogens with one attached hydrogen (secondary N) is 1. The average molecular weight is 256 g/mol. The summed E-state index contributed by atoms with van der Waals surface area (Å²) in [5.74, 6) is -0.269. The van der Waals surface area contributed by atoms with Crippen molar-refractivity contribution in [3.63, 3.8) is 0 Å². The fraction of sp³-hybridized carbons (Fsp3) is 0.923. The highest BCUT2D eigenvalue weighted by molar-refractivity contribution is 5.84. The Balaban J connectivity index is 2.31. The largest absolute Gasteiger partial charge is 0.368 e. The molecule has 0 aromatic carbocycles. The zero-order valence-electron chi connectivity index (χ0n) is 12.0. The van der Waals surface area contributed by atoms with E-state index in [0.717, 1.165) is 39.1 Å². The van der Waals surface area contributed by atoms with Gasteiger partial charge in [0.2, 0.25) is 5.91 Å². The second-order valence-corrected chi connectivity index (χ2v) is 5.38. The Hall–Kier alpha value is -0.650. The summed E-state index contributed by atoms with van der Waals surface area (Å²) in [6.07, 6.45) is 1.99. The lowest BCUT2D eigenvalue weighted by atomic mass is 9.97. The molecule has 0 radical (unpaired) electrons. The summed E-state index contributed by atoms with van der Waals surface area (Å²) in [5, 5.41) is 3.03. The van der Waals surface area contributed by atoms with Gasteiger partial charge in [0.05, 0.1) is 5.54 Å². The van der Waals surface area contributed by atoms with Crippen molar-refractivity contribution in [3.05, 3.63) is 0 Å². The van der Waals surface area contributed by atoms with Crippen LogP contribution in [0.25, 0.3) is 0 Å². The molecular weight excluding hydrogens is 228 g/mol. The van der Waals surface area contributed by atoms with E-state index < -0.39 is 5.54 Å². The van der Waals surface area contributed by atoms with Gasteiger partial charge < -0.3 is 20.9 Å². The monoisotopic (exact) mass is 256 g/mol. The SMILES string of the molecule is CCCN1CCN(CCC(C)(NC)C(N)=O)CC1. The topological polar surface area (TPSA) is 61.6 Å². The minimum absolute atomic E-state index is 0.269. The van der Waals surface area contributed by atoms with Gasteiger partial charge in [-0.15, -0.1) is 0 Å². The minimum Gasteiger partial charge on any atom is -0.368 e. The number of hydrogen-bond acceptors (Lipinski definition) is 4. The molecule has 106 valence electrons. The molecule has 0 aromatic heterocycles. The number of nitrogens with zero attached hydrogens (tertiary/aromatic N) is 2. The summed E-state index contributed by atoms with van der Waals surface area (Å²) in [6.45, 7) is 10.7. The zero-order chi connectivity index (χ0) is 13.6. The number of piperazine rings is 1. The summed E-state index contributed by atoms with van der Waals surface area (Å²) < 4.78 is 0. The van der Waals surface area contributed by atoms with Crippen molar-refractivity contribution < 1.29 is 4.79 Å². The van der Waals surface area contributed by atoms with Crippen molar-refractivity contribution in [2.24, 2.45) is 5.73 Å². The van der Waals surface area contributed by atoms with Crippen molar-refractivity contribution >= 4 is 5.91 Å². The molecule has 1 unspecified atom stereocenters. The Morgan fingerprint density at radius 2 is 1.72 bits per heavy atom. The second kappa shape index (κ2) is 7.07. The van der Waals surface area contributed by atoms with Crippen LogP contribution in [0.3, 0.4) is 0 Å². The molecule has 1 aliphatic heterocycles. The molecule has 0 bridgehead atoms. The first-order chi connectivity index (χ1) is 8.51. The highest BCUT2D eigenvalue weighted by atomic mass is 16.1. The third kappa shape index (κ3) is 4.23. The maximum Gasteiger partial charge on any atom is 0.237 e. The van der Waals surface area contributed by atoms with Gasteiger partial charge in [-0.25, -0.2) is 0 Å². The molecular formula is C13H28N4O. The molecule has 1 heterocycles. The highest BCUT2D eigenvalue weighted by Crippen LogP contribution is 2.11. The lowest BCUT2D eigenvalue weighted by molar-refractivity contribution is -0.124. The van der Waals surface area contributed by atoms with E-state index in [4.69, 9.17) is 5.73 Å². The molecule has 0 saturated carbocycles. The summed E-state index contributed by atoms with van der Waals surface area (Å²) >= 11 is 0. The van der Waals surface area contributed by atoms with Crippen LogP contribution in [0, 0.1) is 0 Å². The van der Waals surface area contributed by atoms with Gasteiger partial charge in [0.25, 0.3) is 0 Å². The Morgan fingerprint density at radius 1 is 1.22 bits per heavy atom. The maximum absolute atomic E-state index is 11.4. The van der Waals surface area contributed by atoms with E-state index in [1.807, 2.05) is 6.92 Å². The predicted octanol–water partition coefficient (Wildman–Crippen LogP) is -0.132. The third-order valence-electron chi connectivity index (χ3n) is 4.03. The zero-order valence-corrected chi connectivity index (χ0v) is 12.0. The third-order valence-corrected chi connectivity index (χ3v) is 4.03. The van der Waals surface area contributed by atoms with Crippen LogP contribution < -0.4 is 11.1 Å². The first-order valence-corrected chi connectivity index (χ1v) is 6.95. The van der Waals surface area contributed by atoms with Crippen LogP contribution in [-0.4, -0.2) is 67.6 Å². The van der Waals surface area contributed by atoms with Crippen LogP contribution in [0.1, 0.15) is 26.7 Å². The maximum atomic E-state index is 11.4. The molecule has 1 amide bonds. The minimum atomic E-state index is -0.583. The van der Waals surface area contributed by atoms with Crippen molar-refractivity contribution in [1.82, 2.24) is 15.1 Å². The smallest absolute Gasteiger partial charge is 0.237 e. The lowest BCUT2D eigenvalue weighted by Crippen LogP contribution is -2.54. The molecule has 1 aliphatic rings. The predicted molar refractivity (Wildman–Crippen MR) is 74.4 cm³/mol. The lowest BCUT2D eigenvalue weighted by Gasteiger charge is -2.36. The average Bonchev–Trinajstić information content (AvgIpc) is 2.37. The van der Waals surface area contributed by atoms with E-state index in [-0.39, 0.29) is 5.91 Å². The number of hydrogen-bond donors (Lipinski definition) is 2. The van der Waals surface area contributed by atoms with E-state index in [0.29, 0.717) is 0 Å². The van der Waals surface area contributed by atoms with Gasteiger partial charge in [-0.2, -0.15) is 0 Å². The Kier molecular flexibility index (Phi) is 6.05. The van der Waals surface area contributed by atoms with Crippen molar-refractivity contribution in [2.45, 2.75) is 32.2 Å². The number of carbonyl (C=O) groups is 1. The molecule has 1 fully saturated rings. The molecule has 0 spiro atoms. The number of carbonyl (C=O) groups excluding carboxylic acids is 1. The van der Waals surface area contributed by atoms with E-state index in [1.165, 1.54) is 13.0 Å². The first kappa shape index (κ1) is 15.4. The van der Waals surface area contributed by atoms with E-state index >= 15 is 0 Å². The molecule has 0 aromatic rings. The molecule has 5 nitrogen and oxygen atoms in total. The van der Waals surface area contributed by atoms with Gasteiger partial charge >= 0.3 is 0 Å². The second-order valence-electron chi connectivity index (χ2n) is 5.38. The van der Waals surface area contributed by atoms with Crippen LogP contribution >= 0.6 is 0 Å². The van der Waals surface area contributed by atoms with Gasteiger partial charge in [0, 0.05) is 32.7 Å². The summed E-state index contributed by atoms with van der Waals surface area (Å²) in [7, 11) is 1.80. The quantitative estimate of drug-likeness (QED) is 0.666. The van der Waals surface area contributed by atoms with Crippen molar-refractivity contribution in [2.75, 3.05) is 46.3 Å². The van der Waals surface area contributed by atoms with Crippen LogP contribution in [0.4, 0.5) is 0 Å². The first-order valence-electron chi connectivity index (χ1n) is 6.95. The number of nitrogens with two attached hydrogens (primary N) is 1. The standard InChI is InChI=1S/C13H28N4O/c1-4-6-16-8-10-17(11-9-16)7-5-13(2,15-3)12(14)18/h15H,4-11H2,1-3H3,(H2,14,18). The molecule has 0 aliphatic carbocycles. The number of rotatable bonds is 7. The molecule has 1 atom stereocenters. The fourth-order valence-electron chi connectivity index (χ4n) is 2.31. The summed E-state index contributed by atoms with van der Waals surface area (Å²) in [5.41, 5.74) is 4.85. The molecule has 1 rings (SSSR count). The van der Waals surface area contributed by atoms with Gasteiger partial charge in [0.1, 0.15) is 0 Å². The van der Waals surface area contributed by atoms with Crippen LogP contribution in [0.2, 0.25) is 0 Å². The highest BCUT2D eigenvalue weighted by Gasteiger charge is 2.29. The number of primary amides is 1. The molecule has 18 heavy (non-hydrogen) atoms. The van der Waals surface area contributed by atoms with E-state index in [9.17, 15) is 4.79 Å². The summed E-state index contributed by atoms with van der Waals surface area (Å²) in [4.78, 5) is 16.3.